The van der Waals surface area contributed by atoms with Crippen molar-refractivity contribution in [1.82, 2.24) is 9.97 Å². The third kappa shape index (κ3) is 1.96. The molecule has 1 saturated carbocycles. The lowest BCUT2D eigenvalue weighted by atomic mass is 10.1. The number of nitrogens with zero attached hydrogens (tertiary/aromatic N) is 2. The minimum absolute atomic E-state index is 0.363. The molecule has 3 rings (SSSR count). The van der Waals surface area contributed by atoms with Crippen LogP contribution in [0.4, 0.5) is 0 Å². The Labute approximate surface area is 118 Å². The molecule has 0 radical (unpaired) electrons. The first-order valence-corrected chi connectivity index (χ1v) is 6.86. The summed E-state index contributed by atoms with van der Waals surface area (Å²) in [4.78, 5) is 7.68. The molecule has 0 atom stereocenters. The number of rotatable bonds is 4. The Morgan fingerprint density at radius 3 is 2.85 bits per heavy atom. The fourth-order valence-corrected chi connectivity index (χ4v) is 2.46. The summed E-state index contributed by atoms with van der Waals surface area (Å²) >= 11 is 0. The number of imidazole rings is 1. The summed E-state index contributed by atoms with van der Waals surface area (Å²) in [5.41, 5.74) is 2.84. The molecule has 2 aromatic rings. The first-order valence-electron chi connectivity index (χ1n) is 6.86. The zero-order valence-electron chi connectivity index (χ0n) is 11.7. The number of nitrogens with one attached hydrogen (secondary N) is 1. The normalized spacial score (nSPS) is 15.7. The van der Waals surface area contributed by atoms with Gasteiger partial charge in [0.2, 0.25) is 0 Å². The Morgan fingerprint density at radius 1 is 1.45 bits per heavy atom. The standard InChI is InChI=1S/C16H17N3O/c1-3-11-8-12(4-5-14(11)20-2)13-9-18-15(19-13)16(10-17)6-7-16/h4-5,8-9H,3,6-7H2,1-2H3,(H,18,19). The molecule has 0 aliphatic heterocycles. The Hall–Kier alpha value is -2.28. The van der Waals surface area contributed by atoms with Gasteiger partial charge in [0.05, 0.1) is 25.1 Å². The SMILES string of the molecule is CCc1cc(-c2cnc(C3(C#N)CC3)[nH]2)ccc1OC. The van der Waals surface area contributed by atoms with Gasteiger partial charge in [0.25, 0.3) is 0 Å². The van der Waals surface area contributed by atoms with E-state index < -0.39 is 0 Å². The molecule has 102 valence electrons. The molecule has 0 saturated heterocycles. The van der Waals surface area contributed by atoms with E-state index in [9.17, 15) is 5.26 Å². The second-order valence-corrected chi connectivity index (χ2v) is 5.22. The number of benzene rings is 1. The van der Waals surface area contributed by atoms with Crippen molar-refractivity contribution < 1.29 is 4.74 Å². The zero-order chi connectivity index (χ0) is 14.2. The van der Waals surface area contributed by atoms with Gasteiger partial charge in [0.1, 0.15) is 17.0 Å². The van der Waals surface area contributed by atoms with Gasteiger partial charge in [-0.2, -0.15) is 5.26 Å². The molecule has 1 aromatic carbocycles. The third-order valence-corrected chi connectivity index (χ3v) is 3.97. The molecule has 1 aliphatic rings. The third-order valence-electron chi connectivity index (χ3n) is 3.97. The number of nitriles is 1. The average molecular weight is 267 g/mol. The van der Waals surface area contributed by atoms with Gasteiger partial charge < -0.3 is 9.72 Å². The van der Waals surface area contributed by atoms with Crippen molar-refractivity contribution >= 4 is 0 Å². The van der Waals surface area contributed by atoms with E-state index in [0.717, 1.165) is 42.1 Å². The topological polar surface area (TPSA) is 61.7 Å². The van der Waals surface area contributed by atoms with Crippen LogP contribution in [0.5, 0.6) is 5.75 Å². The number of aromatic amines is 1. The van der Waals surface area contributed by atoms with Crippen LogP contribution in [-0.2, 0) is 11.8 Å². The largest absolute Gasteiger partial charge is 0.496 e. The van der Waals surface area contributed by atoms with E-state index in [0.29, 0.717) is 0 Å². The minimum atomic E-state index is -0.363. The van der Waals surface area contributed by atoms with Crippen LogP contribution in [0.1, 0.15) is 31.2 Å². The van der Waals surface area contributed by atoms with Crippen LogP contribution in [0.15, 0.2) is 24.4 Å². The first kappa shape index (κ1) is 12.7. The molecule has 0 unspecified atom stereocenters. The fraction of sp³-hybridized carbons (Fsp3) is 0.375. The molecule has 0 amide bonds. The van der Waals surface area contributed by atoms with Gasteiger partial charge in [-0.15, -0.1) is 0 Å². The lowest BCUT2D eigenvalue weighted by Gasteiger charge is -2.08. The maximum atomic E-state index is 9.21. The summed E-state index contributed by atoms with van der Waals surface area (Å²) in [6, 6.07) is 8.47. The summed E-state index contributed by atoms with van der Waals surface area (Å²) in [5.74, 6) is 1.70. The van der Waals surface area contributed by atoms with Gasteiger partial charge in [0, 0.05) is 5.56 Å². The summed E-state index contributed by atoms with van der Waals surface area (Å²) < 4.78 is 5.35. The first-order chi connectivity index (χ1) is 9.72. The molecule has 1 aromatic heterocycles. The Bertz CT molecular complexity index is 677. The lowest BCUT2D eigenvalue weighted by Crippen LogP contribution is -2.04. The molecule has 0 spiro atoms. The van der Waals surface area contributed by atoms with Crippen molar-refractivity contribution in [2.24, 2.45) is 0 Å². The number of hydrogen-bond donors (Lipinski definition) is 1. The quantitative estimate of drug-likeness (QED) is 0.925. The molecule has 1 fully saturated rings. The van der Waals surface area contributed by atoms with Gasteiger partial charge in [-0.05, 0) is 43.0 Å². The van der Waals surface area contributed by atoms with Gasteiger partial charge in [0.15, 0.2) is 0 Å². The Morgan fingerprint density at radius 2 is 2.25 bits per heavy atom. The highest BCUT2D eigenvalue weighted by Crippen LogP contribution is 2.46. The van der Waals surface area contributed by atoms with Crippen molar-refractivity contribution in [3.8, 4) is 23.1 Å². The van der Waals surface area contributed by atoms with Crippen molar-refractivity contribution in [2.45, 2.75) is 31.6 Å². The number of ether oxygens (including phenoxy) is 1. The number of hydrogen-bond acceptors (Lipinski definition) is 3. The summed E-state index contributed by atoms with van der Waals surface area (Å²) in [6.07, 6.45) is 4.53. The molecule has 0 bridgehead atoms. The van der Waals surface area contributed by atoms with E-state index in [1.807, 2.05) is 18.3 Å². The molecule has 4 nitrogen and oxygen atoms in total. The maximum absolute atomic E-state index is 9.21. The Kier molecular flexibility index (Phi) is 2.98. The predicted molar refractivity (Wildman–Crippen MR) is 76.5 cm³/mol. The van der Waals surface area contributed by atoms with E-state index in [1.54, 1.807) is 7.11 Å². The highest BCUT2D eigenvalue weighted by molar-refractivity contribution is 5.62. The predicted octanol–water partition coefficient (Wildman–Crippen LogP) is 3.20. The molecule has 1 heterocycles. The highest BCUT2D eigenvalue weighted by Gasteiger charge is 2.47. The number of H-pyrrole nitrogens is 1. The summed E-state index contributed by atoms with van der Waals surface area (Å²) in [6.45, 7) is 2.11. The van der Waals surface area contributed by atoms with Crippen molar-refractivity contribution in [2.75, 3.05) is 7.11 Å². The average Bonchev–Trinajstić information content (AvgIpc) is 3.15. The van der Waals surface area contributed by atoms with Crippen molar-refractivity contribution in [1.29, 1.82) is 5.26 Å². The Balaban J connectivity index is 1.96. The van der Waals surface area contributed by atoms with Crippen LogP contribution in [0.3, 0.4) is 0 Å². The molecule has 1 N–H and O–H groups in total. The van der Waals surface area contributed by atoms with Crippen LogP contribution >= 0.6 is 0 Å². The monoisotopic (exact) mass is 267 g/mol. The second-order valence-electron chi connectivity index (χ2n) is 5.22. The molecular formula is C16H17N3O. The van der Waals surface area contributed by atoms with E-state index in [1.165, 1.54) is 5.56 Å². The van der Waals surface area contributed by atoms with Crippen molar-refractivity contribution in [3.63, 3.8) is 0 Å². The van der Waals surface area contributed by atoms with Crippen LogP contribution in [0.25, 0.3) is 11.3 Å². The van der Waals surface area contributed by atoms with Crippen LogP contribution in [0, 0.1) is 11.3 Å². The van der Waals surface area contributed by atoms with Gasteiger partial charge >= 0.3 is 0 Å². The molecule has 20 heavy (non-hydrogen) atoms. The number of aromatic nitrogens is 2. The van der Waals surface area contributed by atoms with Crippen LogP contribution in [0.2, 0.25) is 0 Å². The van der Waals surface area contributed by atoms with E-state index in [4.69, 9.17) is 4.74 Å². The van der Waals surface area contributed by atoms with Gasteiger partial charge in [-0.25, -0.2) is 4.98 Å². The maximum Gasteiger partial charge on any atom is 0.127 e. The molecule has 4 heteroatoms. The van der Waals surface area contributed by atoms with Crippen LogP contribution in [-0.4, -0.2) is 17.1 Å². The molecular weight excluding hydrogens is 250 g/mol. The fourth-order valence-electron chi connectivity index (χ4n) is 2.46. The minimum Gasteiger partial charge on any atom is -0.496 e. The van der Waals surface area contributed by atoms with Crippen LogP contribution < -0.4 is 4.74 Å². The zero-order valence-corrected chi connectivity index (χ0v) is 11.7. The summed E-state index contributed by atoms with van der Waals surface area (Å²) in [5, 5.41) is 9.21. The molecule has 1 aliphatic carbocycles. The lowest BCUT2D eigenvalue weighted by molar-refractivity contribution is 0.410. The second kappa shape index (κ2) is 4.68. The highest BCUT2D eigenvalue weighted by atomic mass is 16.5. The van der Waals surface area contributed by atoms with Gasteiger partial charge in [-0.1, -0.05) is 6.92 Å². The van der Waals surface area contributed by atoms with E-state index >= 15 is 0 Å². The van der Waals surface area contributed by atoms with Crippen molar-refractivity contribution in [3.05, 3.63) is 35.8 Å². The number of methoxy groups -OCH3 is 1. The summed E-state index contributed by atoms with van der Waals surface area (Å²) in [7, 11) is 1.69. The van der Waals surface area contributed by atoms with E-state index in [-0.39, 0.29) is 5.41 Å². The smallest absolute Gasteiger partial charge is 0.127 e. The van der Waals surface area contributed by atoms with Gasteiger partial charge in [-0.3, -0.25) is 0 Å². The number of aryl methyl sites for hydroxylation is 1. The van der Waals surface area contributed by atoms with E-state index in [2.05, 4.69) is 29.0 Å².